The summed E-state index contributed by atoms with van der Waals surface area (Å²) >= 11 is 0. The number of aliphatic hydroxyl groups is 1. The normalized spacial score (nSPS) is 26.5. The van der Waals surface area contributed by atoms with Gasteiger partial charge in [0.1, 0.15) is 5.82 Å². The molecule has 1 saturated carbocycles. The Morgan fingerprint density at radius 3 is 2.86 bits per heavy atom. The Labute approximate surface area is 129 Å². The molecule has 1 aromatic carbocycles. The third-order valence-corrected chi connectivity index (χ3v) is 5.44. The number of hydrogen-bond acceptors (Lipinski definition) is 2. The van der Waals surface area contributed by atoms with Crippen LogP contribution in [-0.2, 0) is 6.42 Å². The number of allylic oxidation sites excluding steroid dienone is 1. The smallest absolute Gasteiger partial charge is 0.123 e. The van der Waals surface area contributed by atoms with Crippen LogP contribution in [0.2, 0.25) is 0 Å². The second-order valence-electron chi connectivity index (χ2n) is 6.63. The van der Waals surface area contributed by atoms with Gasteiger partial charge in [0.05, 0.1) is 17.6 Å². The number of fused-ring (bicyclic) bond motifs is 2. The zero-order chi connectivity index (χ0) is 15.3. The fourth-order valence-electron chi connectivity index (χ4n) is 4.01. The number of benzene rings is 1. The van der Waals surface area contributed by atoms with Crippen LogP contribution in [0.3, 0.4) is 0 Å². The molecule has 1 heterocycles. The predicted octanol–water partition coefficient (Wildman–Crippen LogP) is 3.36. The molecule has 3 nitrogen and oxygen atoms in total. The monoisotopic (exact) mass is 298 g/mol. The van der Waals surface area contributed by atoms with Crippen LogP contribution >= 0.6 is 0 Å². The molecule has 22 heavy (non-hydrogen) atoms. The van der Waals surface area contributed by atoms with Gasteiger partial charge in [0, 0.05) is 6.61 Å². The van der Waals surface area contributed by atoms with Gasteiger partial charge in [-0.05, 0) is 66.5 Å². The van der Waals surface area contributed by atoms with Crippen LogP contribution in [0.25, 0.3) is 11.8 Å². The maximum Gasteiger partial charge on any atom is 0.123 e. The van der Waals surface area contributed by atoms with Crippen LogP contribution in [0.4, 0.5) is 4.39 Å². The van der Waals surface area contributed by atoms with E-state index in [1.54, 1.807) is 12.1 Å². The topological polar surface area (TPSA) is 38.0 Å². The first-order valence-corrected chi connectivity index (χ1v) is 7.76. The van der Waals surface area contributed by atoms with Crippen molar-refractivity contribution >= 4 is 6.08 Å². The lowest BCUT2D eigenvalue weighted by Crippen LogP contribution is -2.30. The van der Waals surface area contributed by atoms with Gasteiger partial charge in [-0.25, -0.2) is 9.07 Å². The fourth-order valence-corrected chi connectivity index (χ4v) is 4.01. The van der Waals surface area contributed by atoms with Crippen LogP contribution in [0.15, 0.2) is 36.0 Å². The number of nitrogens with zero attached hydrogens (tertiary/aromatic N) is 2. The summed E-state index contributed by atoms with van der Waals surface area (Å²) in [6, 6.07) is 6.42. The van der Waals surface area contributed by atoms with Crippen molar-refractivity contribution in [3.05, 3.63) is 53.1 Å². The maximum absolute atomic E-state index is 13.1. The fraction of sp³-hybridized carbons (Fsp3) is 0.389. The number of aromatic nitrogens is 2. The minimum Gasteiger partial charge on any atom is -0.396 e. The van der Waals surface area contributed by atoms with Gasteiger partial charge in [-0.15, -0.1) is 0 Å². The molecule has 4 rings (SSSR count). The predicted molar refractivity (Wildman–Crippen MR) is 83.1 cm³/mol. The Hall–Kier alpha value is -1.94. The zero-order valence-corrected chi connectivity index (χ0v) is 12.6. The summed E-state index contributed by atoms with van der Waals surface area (Å²) in [5, 5.41) is 14.1. The molecule has 1 aromatic heterocycles. The van der Waals surface area contributed by atoms with Crippen LogP contribution in [-0.4, -0.2) is 21.5 Å². The highest BCUT2D eigenvalue weighted by atomic mass is 19.1. The summed E-state index contributed by atoms with van der Waals surface area (Å²) in [6.07, 6.45) is 7.14. The Kier molecular flexibility index (Phi) is 2.98. The summed E-state index contributed by atoms with van der Waals surface area (Å²) in [7, 11) is 0. The molecule has 1 unspecified atom stereocenters. The first-order chi connectivity index (χ1) is 10.6. The van der Waals surface area contributed by atoms with E-state index in [4.69, 9.17) is 0 Å². The standard InChI is InChI=1S/C18H19FN2O/c1-18-9-12-10-20-21(16-6-4-15(19)5-7-16)17(12)8-13(18)2-3-14(18)11-22/h4-8,10,14,22H,2-3,9,11H2,1H3/t14?,18-/m0/s1. The third kappa shape index (κ3) is 1.87. The Morgan fingerprint density at radius 2 is 2.14 bits per heavy atom. The van der Waals surface area contributed by atoms with E-state index < -0.39 is 0 Å². The van der Waals surface area contributed by atoms with Gasteiger partial charge in [-0.1, -0.05) is 12.5 Å². The summed E-state index contributed by atoms with van der Waals surface area (Å²) in [4.78, 5) is 0. The Balaban J connectivity index is 1.79. The van der Waals surface area contributed by atoms with Crippen LogP contribution < -0.4 is 0 Å². The number of halogens is 1. The van der Waals surface area contributed by atoms with Crippen LogP contribution in [0.5, 0.6) is 0 Å². The number of hydrogen-bond donors (Lipinski definition) is 1. The third-order valence-electron chi connectivity index (χ3n) is 5.44. The SMILES string of the molecule is C[C@]12Cc3cnn(-c4ccc(F)cc4)c3C=C1CCC2CO. The van der Waals surface area contributed by atoms with Crippen molar-refractivity contribution in [3.63, 3.8) is 0 Å². The van der Waals surface area contributed by atoms with E-state index in [2.05, 4.69) is 18.1 Å². The van der Waals surface area contributed by atoms with Gasteiger partial charge in [-0.3, -0.25) is 0 Å². The van der Waals surface area contributed by atoms with Crippen LogP contribution in [0, 0.1) is 17.2 Å². The van der Waals surface area contributed by atoms with Crippen molar-refractivity contribution in [1.82, 2.24) is 9.78 Å². The second-order valence-corrected chi connectivity index (χ2v) is 6.63. The lowest BCUT2D eigenvalue weighted by Gasteiger charge is -2.35. The number of rotatable bonds is 2. The van der Waals surface area contributed by atoms with Gasteiger partial charge in [0.25, 0.3) is 0 Å². The quantitative estimate of drug-likeness (QED) is 0.923. The lowest BCUT2D eigenvalue weighted by atomic mass is 9.70. The van der Waals surface area contributed by atoms with Gasteiger partial charge >= 0.3 is 0 Å². The number of aliphatic hydroxyl groups excluding tert-OH is 1. The molecule has 2 aliphatic carbocycles. The molecular weight excluding hydrogens is 279 g/mol. The molecule has 2 aliphatic rings. The molecule has 1 fully saturated rings. The second kappa shape index (κ2) is 4.78. The molecule has 114 valence electrons. The highest BCUT2D eigenvalue weighted by Gasteiger charge is 2.45. The van der Waals surface area contributed by atoms with E-state index in [1.807, 2.05) is 10.9 Å². The van der Waals surface area contributed by atoms with E-state index in [-0.39, 0.29) is 17.8 Å². The minimum atomic E-state index is -0.239. The molecule has 0 bridgehead atoms. The van der Waals surface area contributed by atoms with Crippen molar-refractivity contribution in [3.8, 4) is 5.69 Å². The molecular formula is C18H19FN2O. The minimum absolute atomic E-state index is 0.0540. The largest absolute Gasteiger partial charge is 0.396 e. The molecule has 1 N–H and O–H groups in total. The van der Waals surface area contributed by atoms with E-state index in [0.717, 1.165) is 30.6 Å². The molecule has 0 amide bonds. The summed E-state index contributed by atoms with van der Waals surface area (Å²) in [6.45, 7) is 2.50. The average Bonchev–Trinajstić information content (AvgIpc) is 3.05. The molecule has 4 heteroatoms. The van der Waals surface area contributed by atoms with Crippen molar-refractivity contribution in [2.75, 3.05) is 6.61 Å². The van der Waals surface area contributed by atoms with E-state index in [9.17, 15) is 9.50 Å². The highest BCUT2D eigenvalue weighted by Crippen LogP contribution is 2.52. The Bertz CT molecular complexity index is 747. The molecule has 0 saturated heterocycles. The zero-order valence-electron chi connectivity index (χ0n) is 12.6. The van der Waals surface area contributed by atoms with Crippen molar-refractivity contribution in [1.29, 1.82) is 0 Å². The molecule has 2 aromatic rings. The molecule has 0 spiro atoms. The van der Waals surface area contributed by atoms with Crippen molar-refractivity contribution in [2.24, 2.45) is 11.3 Å². The molecule has 2 atom stereocenters. The maximum atomic E-state index is 13.1. The first kappa shape index (κ1) is 13.7. The van der Waals surface area contributed by atoms with Gasteiger partial charge in [0.2, 0.25) is 0 Å². The first-order valence-electron chi connectivity index (χ1n) is 7.76. The van der Waals surface area contributed by atoms with Crippen molar-refractivity contribution in [2.45, 2.75) is 26.2 Å². The molecule has 0 aliphatic heterocycles. The summed E-state index contributed by atoms with van der Waals surface area (Å²) < 4.78 is 15.0. The van der Waals surface area contributed by atoms with Gasteiger partial charge in [-0.2, -0.15) is 5.10 Å². The van der Waals surface area contributed by atoms with Crippen molar-refractivity contribution < 1.29 is 9.50 Å². The van der Waals surface area contributed by atoms with E-state index in [1.165, 1.54) is 23.3 Å². The van der Waals surface area contributed by atoms with E-state index >= 15 is 0 Å². The van der Waals surface area contributed by atoms with Crippen LogP contribution in [0.1, 0.15) is 31.0 Å². The lowest BCUT2D eigenvalue weighted by molar-refractivity contribution is 0.150. The average molecular weight is 298 g/mol. The highest BCUT2D eigenvalue weighted by molar-refractivity contribution is 5.61. The Morgan fingerprint density at radius 1 is 1.36 bits per heavy atom. The summed E-state index contributed by atoms with van der Waals surface area (Å²) in [5.41, 5.74) is 4.63. The van der Waals surface area contributed by atoms with E-state index in [0.29, 0.717) is 5.92 Å². The summed E-state index contributed by atoms with van der Waals surface area (Å²) in [5.74, 6) is 0.0957. The van der Waals surface area contributed by atoms with Gasteiger partial charge in [0.15, 0.2) is 0 Å². The van der Waals surface area contributed by atoms with Gasteiger partial charge < -0.3 is 5.11 Å². The molecule has 0 radical (unpaired) electrons.